The van der Waals surface area contributed by atoms with E-state index in [1.165, 1.54) is 36.4 Å². The van der Waals surface area contributed by atoms with Gasteiger partial charge < -0.3 is 0 Å². The minimum Gasteiger partial charge on any atom is -0.289 e. The Kier molecular flexibility index (Phi) is 6.55. The molecule has 0 aliphatic heterocycles. The maximum atomic E-state index is 12.7. The van der Waals surface area contributed by atoms with Gasteiger partial charge in [0.05, 0.1) is 9.85 Å². The number of hydrogen-bond donors (Lipinski definition) is 0. The minimum absolute atomic E-state index is 0.139. The average Bonchev–Trinajstić information content (AvgIpc) is 2.89. The molecule has 4 aromatic rings. The second kappa shape index (κ2) is 9.88. The molecule has 0 unspecified atom stereocenters. The van der Waals surface area contributed by atoms with Gasteiger partial charge in [-0.1, -0.05) is 72.8 Å². The van der Waals surface area contributed by atoms with Gasteiger partial charge in [0.15, 0.2) is 11.6 Å². The van der Waals surface area contributed by atoms with Gasteiger partial charge in [-0.2, -0.15) is 0 Å². The molecule has 35 heavy (non-hydrogen) atoms. The van der Waals surface area contributed by atoms with E-state index in [0.29, 0.717) is 17.5 Å². The molecule has 0 aromatic heterocycles. The summed E-state index contributed by atoms with van der Waals surface area (Å²) in [5.41, 5.74) is 2.95. The molecular weight excluding hydrogens is 448 g/mol. The Hall–Kier alpha value is -4.98. The van der Waals surface area contributed by atoms with E-state index in [1.807, 2.05) is 24.3 Å². The van der Waals surface area contributed by atoms with Crippen LogP contribution in [0.4, 0.5) is 11.4 Å². The predicted molar refractivity (Wildman–Crippen MR) is 129 cm³/mol. The number of hydrogen-bond acceptors (Lipinski definition) is 6. The van der Waals surface area contributed by atoms with E-state index in [1.54, 1.807) is 36.4 Å². The van der Waals surface area contributed by atoms with Gasteiger partial charge >= 0.3 is 0 Å². The van der Waals surface area contributed by atoms with Crippen molar-refractivity contribution in [2.24, 2.45) is 0 Å². The van der Waals surface area contributed by atoms with E-state index in [4.69, 9.17) is 0 Å². The third-order valence-electron chi connectivity index (χ3n) is 5.48. The molecule has 0 heterocycles. The van der Waals surface area contributed by atoms with Crippen LogP contribution in [-0.2, 0) is 6.42 Å². The molecule has 8 nitrogen and oxygen atoms in total. The number of nitro groups is 2. The molecule has 0 aliphatic carbocycles. The number of nitrogens with zero attached hydrogens (tertiary/aromatic N) is 2. The number of carbonyl (C=O) groups is 2. The first-order chi connectivity index (χ1) is 16.8. The molecule has 4 rings (SSSR count). The van der Waals surface area contributed by atoms with Gasteiger partial charge in [0.1, 0.15) is 0 Å². The van der Waals surface area contributed by atoms with Crippen LogP contribution >= 0.6 is 0 Å². The quantitative estimate of drug-likeness (QED) is 0.191. The zero-order chi connectivity index (χ0) is 24.9. The van der Waals surface area contributed by atoms with Gasteiger partial charge in [-0.25, -0.2) is 0 Å². The van der Waals surface area contributed by atoms with Crippen molar-refractivity contribution >= 4 is 22.9 Å². The van der Waals surface area contributed by atoms with Crippen LogP contribution in [0.1, 0.15) is 43.0 Å². The molecule has 0 amide bonds. The van der Waals surface area contributed by atoms with E-state index in [-0.39, 0.29) is 34.1 Å². The molecule has 0 aliphatic rings. The van der Waals surface area contributed by atoms with Gasteiger partial charge in [-0.05, 0) is 17.5 Å². The Morgan fingerprint density at radius 1 is 0.543 bits per heavy atom. The second-order valence-electron chi connectivity index (χ2n) is 7.84. The van der Waals surface area contributed by atoms with Crippen LogP contribution in [-0.4, -0.2) is 21.4 Å². The number of nitro benzene ring substituents is 2. The smallest absolute Gasteiger partial charge is 0.270 e. The minimum atomic E-state index is -0.539. The maximum Gasteiger partial charge on any atom is 0.270 e. The SMILES string of the molecule is O=C(c1ccc(Cc2ccc(C(=O)c3cccc([N+](=O)[O-])c3)cc2)cc1)c1cccc([N+](=O)[O-])c1. The summed E-state index contributed by atoms with van der Waals surface area (Å²) >= 11 is 0. The lowest BCUT2D eigenvalue weighted by atomic mass is 9.97. The molecule has 0 spiro atoms. The van der Waals surface area contributed by atoms with E-state index in [2.05, 4.69) is 0 Å². The lowest BCUT2D eigenvalue weighted by Crippen LogP contribution is -2.03. The van der Waals surface area contributed by atoms with Crippen LogP contribution in [0.25, 0.3) is 0 Å². The molecule has 0 radical (unpaired) electrons. The summed E-state index contributed by atoms with van der Waals surface area (Å²) in [5, 5.41) is 21.9. The summed E-state index contributed by atoms with van der Waals surface area (Å²) < 4.78 is 0. The average molecular weight is 466 g/mol. The van der Waals surface area contributed by atoms with Crippen molar-refractivity contribution in [3.63, 3.8) is 0 Å². The van der Waals surface area contributed by atoms with Gasteiger partial charge in [-0.15, -0.1) is 0 Å². The zero-order valence-corrected chi connectivity index (χ0v) is 18.3. The van der Waals surface area contributed by atoms with Gasteiger partial charge in [-0.3, -0.25) is 29.8 Å². The molecule has 8 heteroatoms. The first-order valence-electron chi connectivity index (χ1n) is 10.6. The fourth-order valence-electron chi connectivity index (χ4n) is 3.64. The highest BCUT2D eigenvalue weighted by Crippen LogP contribution is 2.20. The Labute approximate surface area is 199 Å². The normalized spacial score (nSPS) is 10.5. The Balaban J connectivity index is 1.45. The van der Waals surface area contributed by atoms with Crippen molar-refractivity contribution in [1.29, 1.82) is 0 Å². The molecular formula is C27H18N2O6. The summed E-state index contributed by atoms with van der Waals surface area (Å²) in [5.74, 6) is -0.603. The number of rotatable bonds is 8. The van der Waals surface area contributed by atoms with Crippen LogP contribution in [0.3, 0.4) is 0 Å². The van der Waals surface area contributed by atoms with Crippen LogP contribution < -0.4 is 0 Å². The predicted octanol–water partition coefficient (Wildman–Crippen LogP) is 5.56. The van der Waals surface area contributed by atoms with Crippen LogP contribution in [0.2, 0.25) is 0 Å². The highest BCUT2D eigenvalue weighted by molar-refractivity contribution is 6.10. The third-order valence-corrected chi connectivity index (χ3v) is 5.48. The van der Waals surface area contributed by atoms with Crippen molar-refractivity contribution in [2.75, 3.05) is 0 Å². The monoisotopic (exact) mass is 466 g/mol. The van der Waals surface area contributed by atoms with Crippen molar-refractivity contribution in [2.45, 2.75) is 6.42 Å². The maximum absolute atomic E-state index is 12.7. The van der Waals surface area contributed by atoms with E-state index in [0.717, 1.165) is 11.1 Å². The molecule has 0 bridgehead atoms. The van der Waals surface area contributed by atoms with Crippen LogP contribution in [0.15, 0.2) is 97.1 Å². The number of carbonyl (C=O) groups excluding carboxylic acids is 2. The lowest BCUT2D eigenvalue weighted by molar-refractivity contribution is -0.385. The topological polar surface area (TPSA) is 120 Å². The summed E-state index contributed by atoms with van der Waals surface area (Å²) in [6.45, 7) is 0. The molecule has 0 fully saturated rings. The Morgan fingerprint density at radius 3 is 1.26 bits per heavy atom. The number of non-ortho nitro benzene ring substituents is 2. The van der Waals surface area contributed by atoms with Crippen LogP contribution in [0.5, 0.6) is 0 Å². The van der Waals surface area contributed by atoms with Gasteiger partial charge in [0.2, 0.25) is 0 Å². The number of ketones is 2. The number of benzene rings is 4. The Bertz CT molecular complexity index is 1330. The molecule has 0 saturated heterocycles. The lowest BCUT2D eigenvalue weighted by Gasteiger charge is -2.06. The summed E-state index contributed by atoms with van der Waals surface area (Å²) in [6, 6.07) is 25.2. The highest BCUT2D eigenvalue weighted by atomic mass is 16.6. The van der Waals surface area contributed by atoms with Crippen molar-refractivity contribution in [1.82, 2.24) is 0 Å². The highest BCUT2D eigenvalue weighted by Gasteiger charge is 2.15. The molecule has 0 atom stereocenters. The summed E-state index contributed by atoms with van der Waals surface area (Å²) in [6.07, 6.45) is 0.566. The summed E-state index contributed by atoms with van der Waals surface area (Å²) in [4.78, 5) is 46.2. The molecule has 172 valence electrons. The fourth-order valence-corrected chi connectivity index (χ4v) is 3.64. The van der Waals surface area contributed by atoms with E-state index in [9.17, 15) is 29.8 Å². The van der Waals surface area contributed by atoms with Gasteiger partial charge in [0, 0.05) is 46.5 Å². The molecule has 4 aromatic carbocycles. The second-order valence-corrected chi connectivity index (χ2v) is 7.84. The summed E-state index contributed by atoms with van der Waals surface area (Å²) in [7, 11) is 0. The third kappa shape index (κ3) is 5.33. The van der Waals surface area contributed by atoms with Crippen molar-refractivity contribution in [3.05, 3.63) is 151 Å². The first-order valence-corrected chi connectivity index (χ1v) is 10.6. The van der Waals surface area contributed by atoms with E-state index >= 15 is 0 Å². The Morgan fingerprint density at radius 2 is 0.914 bits per heavy atom. The van der Waals surface area contributed by atoms with Gasteiger partial charge in [0.25, 0.3) is 11.4 Å². The van der Waals surface area contributed by atoms with E-state index < -0.39 is 9.85 Å². The first kappa shape index (κ1) is 23.2. The zero-order valence-electron chi connectivity index (χ0n) is 18.3. The largest absolute Gasteiger partial charge is 0.289 e. The molecule has 0 saturated carbocycles. The standard InChI is InChI=1S/C27H18N2O6/c30-26(22-3-1-5-24(16-22)28(32)33)20-11-7-18(8-12-20)15-19-9-13-21(14-10-19)27(31)23-4-2-6-25(17-23)29(34)35/h1-14,16-17H,15H2. The molecule has 0 N–H and O–H groups in total. The fraction of sp³-hybridized carbons (Fsp3) is 0.0370. The van der Waals surface area contributed by atoms with Crippen molar-refractivity contribution < 1.29 is 19.4 Å². The van der Waals surface area contributed by atoms with Crippen LogP contribution in [0, 0.1) is 20.2 Å². The van der Waals surface area contributed by atoms with Crippen molar-refractivity contribution in [3.8, 4) is 0 Å².